The highest BCUT2D eigenvalue weighted by Gasteiger charge is 2.03. The Morgan fingerprint density at radius 3 is 2.22 bits per heavy atom. The Bertz CT molecular complexity index is 778. The number of ether oxygens (including phenoxy) is 1. The highest BCUT2D eigenvalue weighted by molar-refractivity contribution is 5.92. The van der Waals surface area contributed by atoms with Crippen molar-refractivity contribution in [2.45, 2.75) is 13.5 Å². The quantitative estimate of drug-likeness (QED) is 0.650. The lowest BCUT2D eigenvalue weighted by Crippen LogP contribution is -1.96. The van der Waals surface area contributed by atoms with Gasteiger partial charge in [-0.25, -0.2) is 0 Å². The van der Waals surface area contributed by atoms with E-state index in [9.17, 15) is 4.79 Å². The van der Waals surface area contributed by atoms with E-state index < -0.39 is 0 Å². The van der Waals surface area contributed by atoms with Crippen molar-refractivity contribution in [1.29, 1.82) is 0 Å². The number of ketones is 1. The number of carbonyl (C=O) groups excluding carboxylic acids is 1. The van der Waals surface area contributed by atoms with E-state index in [-0.39, 0.29) is 5.78 Å². The molecule has 3 aromatic rings. The van der Waals surface area contributed by atoms with E-state index >= 15 is 0 Å². The number of hydrogen-bond donors (Lipinski definition) is 0. The van der Waals surface area contributed by atoms with Crippen LogP contribution in [0.1, 0.15) is 23.0 Å². The minimum Gasteiger partial charge on any atom is -0.489 e. The number of nitrogens with zero attached hydrogens (tertiary/aromatic N) is 1. The minimum atomic E-state index is -0.0267. The zero-order valence-electron chi connectivity index (χ0n) is 12.9. The zero-order valence-corrected chi connectivity index (χ0v) is 12.9. The summed E-state index contributed by atoms with van der Waals surface area (Å²) in [7, 11) is 0. The molecule has 0 amide bonds. The average Bonchev–Trinajstić information content (AvgIpc) is 2.61. The van der Waals surface area contributed by atoms with Gasteiger partial charge in [-0.3, -0.25) is 9.78 Å². The van der Waals surface area contributed by atoms with Gasteiger partial charge in [-0.1, -0.05) is 48.5 Å². The van der Waals surface area contributed by atoms with Gasteiger partial charge in [0, 0.05) is 18.7 Å². The molecule has 0 N–H and O–H groups in total. The third-order valence-electron chi connectivity index (χ3n) is 3.56. The van der Waals surface area contributed by atoms with Crippen LogP contribution in [0.25, 0.3) is 11.1 Å². The summed E-state index contributed by atoms with van der Waals surface area (Å²) in [4.78, 5) is 15.4. The lowest BCUT2D eigenvalue weighted by Gasteiger charge is -2.07. The number of pyridine rings is 1. The molecule has 23 heavy (non-hydrogen) atoms. The largest absolute Gasteiger partial charge is 0.489 e. The van der Waals surface area contributed by atoms with E-state index in [4.69, 9.17) is 4.74 Å². The molecule has 3 heteroatoms. The number of aromatic nitrogens is 1. The number of rotatable bonds is 5. The molecule has 0 radical (unpaired) electrons. The van der Waals surface area contributed by atoms with Crippen LogP contribution < -0.4 is 4.74 Å². The first kappa shape index (κ1) is 15.0. The molecule has 0 fully saturated rings. The second kappa shape index (κ2) is 6.88. The van der Waals surface area contributed by atoms with E-state index in [1.807, 2.05) is 60.7 Å². The van der Waals surface area contributed by atoms with Crippen LogP contribution in [0.15, 0.2) is 72.9 Å². The fourth-order valence-electron chi connectivity index (χ4n) is 2.26. The topological polar surface area (TPSA) is 39.2 Å². The van der Waals surface area contributed by atoms with Gasteiger partial charge in [0.2, 0.25) is 0 Å². The second-order valence-electron chi connectivity index (χ2n) is 5.29. The number of benzene rings is 2. The van der Waals surface area contributed by atoms with Crippen molar-refractivity contribution < 1.29 is 9.53 Å². The normalized spacial score (nSPS) is 10.3. The van der Waals surface area contributed by atoms with Crippen LogP contribution in [-0.4, -0.2) is 10.8 Å². The van der Waals surface area contributed by atoms with E-state index in [2.05, 4.69) is 4.98 Å². The summed E-state index contributed by atoms with van der Waals surface area (Å²) < 4.78 is 5.77. The minimum absolute atomic E-state index is 0.0267. The Hall–Kier alpha value is -2.94. The summed E-state index contributed by atoms with van der Waals surface area (Å²) in [6, 6.07) is 21.6. The highest BCUT2D eigenvalue weighted by atomic mass is 16.5. The molecule has 0 saturated carbocycles. The van der Waals surface area contributed by atoms with Gasteiger partial charge in [-0.05, 0) is 29.3 Å². The monoisotopic (exact) mass is 303 g/mol. The lowest BCUT2D eigenvalue weighted by molar-refractivity contribution is 0.101. The van der Waals surface area contributed by atoms with Gasteiger partial charge in [-0.15, -0.1) is 0 Å². The molecule has 0 atom stereocenters. The maximum Gasteiger partial charge on any atom is 0.178 e. The van der Waals surface area contributed by atoms with E-state index in [0.29, 0.717) is 12.3 Å². The summed E-state index contributed by atoms with van der Waals surface area (Å²) in [6.07, 6.45) is 1.72. The first-order valence-corrected chi connectivity index (χ1v) is 7.46. The van der Waals surface area contributed by atoms with Crippen LogP contribution >= 0.6 is 0 Å². The summed E-state index contributed by atoms with van der Waals surface area (Å²) in [5.74, 6) is 0.798. The first-order chi connectivity index (χ1) is 11.2. The van der Waals surface area contributed by atoms with Crippen LogP contribution in [0.5, 0.6) is 5.75 Å². The fraction of sp³-hybridized carbons (Fsp3) is 0.100. The van der Waals surface area contributed by atoms with Gasteiger partial charge in [0.25, 0.3) is 0 Å². The molecule has 1 heterocycles. The van der Waals surface area contributed by atoms with Gasteiger partial charge >= 0.3 is 0 Å². The number of Topliss-reactive ketones (excluding diaryl/α,β-unsaturated/α-hetero) is 1. The molecule has 0 aliphatic rings. The van der Waals surface area contributed by atoms with E-state index in [1.54, 1.807) is 12.3 Å². The number of carbonyl (C=O) groups is 1. The maximum atomic E-state index is 11.2. The predicted molar refractivity (Wildman–Crippen MR) is 90.5 cm³/mol. The molecule has 0 unspecified atom stereocenters. The Morgan fingerprint density at radius 2 is 1.61 bits per heavy atom. The Labute approximate surface area is 135 Å². The van der Waals surface area contributed by atoms with Gasteiger partial charge in [-0.2, -0.15) is 0 Å². The third kappa shape index (κ3) is 3.83. The van der Waals surface area contributed by atoms with Crippen molar-refractivity contribution in [2.75, 3.05) is 0 Å². The molecule has 2 aromatic carbocycles. The molecule has 1 aromatic heterocycles. The van der Waals surface area contributed by atoms with E-state index in [0.717, 1.165) is 22.4 Å². The predicted octanol–water partition coefficient (Wildman–Crippen LogP) is 4.53. The summed E-state index contributed by atoms with van der Waals surface area (Å²) in [5, 5.41) is 0. The molecule has 0 aliphatic carbocycles. The maximum absolute atomic E-state index is 11.2. The van der Waals surface area contributed by atoms with Crippen LogP contribution in [0.2, 0.25) is 0 Å². The van der Waals surface area contributed by atoms with Crippen molar-refractivity contribution in [3.8, 4) is 16.9 Å². The second-order valence-corrected chi connectivity index (χ2v) is 5.29. The Balaban J connectivity index is 1.68. The summed E-state index contributed by atoms with van der Waals surface area (Å²) in [6.45, 7) is 2.07. The van der Waals surface area contributed by atoms with Crippen LogP contribution in [-0.2, 0) is 6.61 Å². The van der Waals surface area contributed by atoms with Gasteiger partial charge in [0.15, 0.2) is 5.78 Å². The van der Waals surface area contributed by atoms with Gasteiger partial charge in [0.1, 0.15) is 18.1 Å². The molecule has 114 valence electrons. The third-order valence-corrected chi connectivity index (χ3v) is 3.56. The Kier molecular flexibility index (Phi) is 4.48. The SMILES string of the molecule is CC(=O)c1ccc(-c2ccc(OCc3ccccc3)cc2)cn1. The standard InChI is InChI=1S/C20H17NO2/c1-15(22)20-12-9-18(13-21-20)17-7-10-19(11-8-17)23-14-16-5-3-2-4-6-16/h2-13H,14H2,1H3. The van der Waals surface area contributed by atoms with Crippen molar-refractivity contribution in [2.24, 2.45) is 0 Å². The zero-order chi connectivity index (χ0) is 16.1. The molecular weight excluding hydrogens is 286 g/mol. The molecule has 0 bridgehead atoms. The van der Waals surface area contributed by atoms with Crippen molar-refractivity contribution >= 4 is 5.78 Å². The fourth-order valence-corrected chi connectivity index (χ4v) is 2.26. The molecule has 0 aliphatic heterocycles. The van der Waals surface area contributed by atoms with Crippen molar-refractivity contribution in [1.82, 2.24) is 4.98 Å². The first-order valence-electron chi connectivity index (χ1n) is 7.46. The molecule has 0 spiro atoms. The van der Waals surface area contributed by atoms with Crippen LogP contribution in [0.4, 0.5) is 0 Å². The van der Waals surface area contributed by atoms with Crippen molar-refractivity contribution in [3.63, 3.8) is 0 Å². The summed E-state index contributed by atoms with van der Waals surface area (Å²) >= 11 is 0. The van der Waals surface area contributed by atoms with E-state index in [1.165, 1.54) is 6.92 Å². The summed E-state index contributed by atoms with van der Waals surface area (Å²) in [5.41, 5.74) is 3.64. The molecular formula is C20H17NO2. The van der Waals surface area contributed by atoms with Crippen LogP contribution in [0.3, 0.4) is 0 Å². The molecule has 3 nitrogen and oxygen atoms in total. The van der Waals surface area contributed by atoms with Gasteiger partial charge in [0.05, 0.1) is 0 Å². The smallest absolute Gasteiger partial charge is 0.178 e. The number of hydrogen-bond acceptors (Lipinski definition) is 3. The van der Waals surface area contributed by atoms with Crippen molar-refractivity contribution in [3.05, 3.63) is 84.2 Å². The lowest BCUT2D eigenvalue weighted by atomic mass is 10.1. The molecule has 0 saturated heterocycles. The molecule has 3 rings (SSSR count). The highest BCUT2D eigenvalue weighted by Crippen LogP contribution is 2.22. The Morgan fingerprint density at radius 1 is 0.913 bits per heavy atom. The van der Waals surface area contributed by atoms with Gasteiger partial charge < -0.3 is 4.74 Å². The average molecular weight is 303 g/mol. The van der Waals surface area contributed by atoms with Crippen LogP contribution in [0, 0.1) is 0 Å².